The smallest absolute Gasteiger partial charge is 0.306 e. The molecule has 0 aliphatic carbocycles. The van der Waals surface area contributed by atoms with E-state index in [1.165, 1.54) is 173 Å². The van der Waals surface area contributed by atoms with Crippen molar-refractivity contribution in [2.45, 2.75) is 251 Å². The molecule has 0 spiro atoms. The van der Waals surface area contributed by atoms with Crippen molar-refractivity contribution in [2.75, 3.05) is 13.2 Å². The van der Waals surface area contributed by atoms with E-state index in [0.717, 1.165) is 44.9 Å². The zero-order chi connectivity index (χ0) is 39.3. The van der Waals surface area contributed by atoms with Crippen molar-refractivity contribution in [1.82, 2.24) is 0 Å². The lowest BCUT2D eigenvalue weighted by molar-refractivity contribution is -0.161. The van der Waals surface area contributed by atoms with Crippen LogP contribution in [0.25, 0.3) is 0 Å². The molecular formula is C49H90O5. The molecule has 1 N–H and O–H groups in total. The molecule has 0 amide bonds. The van der Waals surface area contributed by atoms with Crippen LogP contribution in [0.2, 0.25) is 0 Å². The normalized spacial score (nSPS) is 12.4. The van der Waals surface area contributed by atoms with Gasteiger partial charge in [-0.15, -0.1) is 0 Å². The fourth-order valence-electron chi connectivity index (χ4n) is 6.82. The molecule has 5 nitrogen and oxygen atoms in total. The Labute approximate surface area is 336 Å². The number of allylic oxidation sites excluding steroid dienone is 6. The van der Waals surface area contributed by atoms with Gasteiger partial charge in [-0.25, -0.2) is 0 Å². The van der Waals surface area contributed by atoms with Gasteiger partial charge < -0.3 is 14.6 Å². The number of hydrogen-bond donors (Lipinski definition) is 1. The third-order valence-electron chi connectivity index (χ3n) is 10.4. The minimum atomic E-state index is -0.773. The number of hydrogen-bond acceptors (Lipinski definition) is 5. The molecule has 316 valence electrons. The summed E-state index contributed by atoms with van der Waals surface area (Å²) in [4.78, 5) is 24.4. The fourth-order valence-corrected chi connectivity index (χ4v) is 6.82. The van der Waals surface area contributed by atoms with Crippen LogP contribution in [0.4, 0.5) is 0 Å². The number of aliphatic hydroxyl groups excluding tert-OH is 1. The third-order valence-corrected chi connectivity index (χ3v) is 10.4. The van der Waals surface area contributed by atoms with Crippen LogP contribution in [-0.4, -0.2) is 36.4 Å². The Morgan fingerprint density at radius 1 is 0.426 bits per heavy atom. The fraction of sp³-hybridized carbons (Fsp3) is 0.837. The molecule has 0 aliphatic heterocycles. The van der Waals surface area contributed by atoms with Crippen LogP contribution < -0.4 is 0 Å². The van der Waals surface area contributed by atoms with Crippen LogP contribution in [0.5, 0.6) is 0 Å². The molecule has 0 aromatic heterocycles. The Hall–Kier alpha value is -1.88. The van der Waals surface area contributed by atoms with Crippen molar-refractivity contribution >= 4 is 11.9 Å². The van der Waals surface area contributed by atoms with E-state index in [9.17, 15) is 14.7 Å². The Bertz CT molecular complexity index is 862. The van der Waals surface area contributed by atoms with E-state index in [1.54, 1.807) is 0 Å². The molecular weight excluding hydrogens is 669 g/mol. The number of carbonyl (C=O) groups is 2. The Morgan fingerprint density at radius 2 is 0.741 bits per heavy atom. The van der Waals surface area contributed by atoms with E-state index in [1.807, 2.05) is 0 Å². The predicted molar refractivity (Wildman–Crippen MR) is 233 cm³/mol. The standard InChI is InChI=1S/C49H90O5/c1-3-5-7-9-11-13-15-17-19-21-23-24-26-28-30-32-34-36-38-40-42-44-49(52)54-47(45-50)46-53-48(51)43-41-39-37-35-33-31-29-27-25-22-20-18-16-14-12-10-8-6-4-2/h15,17-18,20-21,23,47,50H,3-14,16,19,22,24-46H2,1-2H3/b17-15-,20-18-,23-21-. The molecule has 0 radical (unpaired) electrons. The van der Waals surface area contributed by atoms with Gasteiger partial charge in [-0.2, -0.15) is 0 Å². The topological polar surface area (TPSA) is 72.8 Å². The maximum Gasteiger partial charge on any atom is 0.306 e. The molecule has 0 saturated carbocycles. The zero-order valence-corrected chi connectivity index (χ0v) is 36.0. The summed E-state index contributed by atoms with van der Waals surface area (Å²) in [5.74, 6) is -0.590. The van der Waals surface area contributed by atoms with Crippen molar-refractivity contribution in [3.05, 3.63) is 36.5 Å². The summed E-state index contributed by atoms with van der Waals surface area (Å²) in [7, 11) is 0. The van der Waals surface area contributed by atoms with Crippen LogP contribution in [-0.2, 0) is 19.1 Å². The first-order valence-electron chi connectivity index (χ1n) is 23.5. The van der Waals surface area contributed by atoms with Crippen molar-refractivity contribution < 1.29 is 24.2 Å². The minimum Gasteiger partial charge on any atom is -0.462 e. The van der Waals surface area contributed by atoms with E-state index in [-0.39, 0.29) is 25.2 Å². The summed E-state index contributed by atoms with van der Waals surface area (Å²) in [5, 5.41) is 9.60. The van der Waals surface area contributed by atoms with Gasteiger partial charge >= 0.3 is 11.9 Å². The van der Waals surface area contributed by atoms with Crippen molar-refractivity contribution in [1.29, 1.82) is 0 Å². The summed E-state index contributed by atoms with van der Waals surface area (Å²) in [6, 6.07) is 0. The highest BCUT2D eigenvalue weighted by Gasteiger charge is 2.16. The molecule has 0 fully saturated rings. The van der Waals surface area contributed by atoms with Crippen molar-refractivity contribution in [3.8, 4) is 0 Å². The van der Waals surface area contributed by atoms with E-state index in [4.69, 9.17) is 9.47 Å². The molecule has 0 aromatic rings. The van der Waals surface area contributed by atoms with Gasteiger partial charge in [0.2, 0.25) is 0 Å². The molecule has 0 aromatic carbocycles. The molecule has 0 saturated heterocycles. The van der Waals surface area contributed by atoms with Gasteiger partial charge in [-0.1, -0.05) is 198 Å². The number of unbranched alkanes of at least 4 members (excludes halogenated alkanes) is 29. The largest absolute Gasteiger partial charge is 0.462 e. The lowest BCUT2D eigenvalue weighted by Crippen LogP contribution is -2.28. The molecule has 0 heterocycles. The van der Waals surface area contributed by atoms with Gasteiger partial charge in [0, 0.05) is 12.8 Å². The Balaban J connectivity index is 3.51. The molecule has 1 unspecified atom stereocenters. The highest BCUT2D eigenvalue weighted by molar-refractivity contribution is 5.70. The van der Waals surface area contributed by atoms with Crippen LogP contribution in [0, 0.1) is 0 Å². The average molecular weight is 759 g/mol. The lowest BCUT2D eigenvalue weighted by Gasteiger charge is -2.15. The minimum absolute atomic E-state index is 0.0665. The summed E-state index contributed by atoms with van der Waals surface area (Å²) in [6.07, 6.45) is 56.5. The van der Waals surface area contributed by atoms with Gasteiger partial charge in [0.1, 0.15) is 6.61 Å². The lowest BCUT2D eigenvalue weighted by atomic mass is 10.1. The van der Waals surface area contributed by atoms with Gasteiger partial charge in [-0.05, 0) is 70.6 Å². The monoisotopic (exact) mass is 759 g/mol. The highest BCUT2D eigenvalue weighted by Crippen LogP contribution is 2.15. The maximum atomic E-state index is 12.2. The first-order chi connectivity index (χ1) is 26.6. The molecule has 0 bridgehead atoms. The average Bonchev–Trinajstić information content (AvgIpc) is 3.17. The van der Waals surface area contributed by atoms with Crippen LogP contribution in [0.15, 0.2) is 36.5 Å². The maximum absolute atomic E-state index is 12.2. The molecule has 0 aliphatic rings. The van der Waals surface area contributed by atoms with Gasteiger partial charge in [0.25, 0.3) is 0 Å². The highest BCUT2D eigenvalue weighted by atomic mass is 16.6. The van der Waals surface area contributed by atoms with Crippen molar-refractivity contribution in [3.63, 3.8) is 0 Å². The second-order valence-electron chi connectivity index (χ2n) is 15.8. The van der Waals surface area contributed by atoms with E-state index in [0.29, 0.717) is 12.8 Å². The number of aliphatic hydroxyl groups is 1. The summed E-state index contributed by atoms with van der Waals surface area (Å²) in [6.45, 7) is 4.14. The van der Waals surface area contributed by atoms with Gasteiger partial charge in [-0.3, -0.25) is 9.59 Å². The summed E-state index contributed by atoms with van der Waals surface area (Å²) in [5.41, 5.74) is 0. The van der Waals surface area contributed by atoms with Gasteiger partial charge in [0.15, 0.2) is 6.10 Å². The quantitative estimate of drug-likeness (QED) is 0.0381. The molecule has 5 heteroatoms. The molecule has 54 heavy (non-hydrogen) atoms. The first-order valence-corrected chi connectivity index (χ1v) is 23.5. The van der Waals surface area contributed by atoms with Crippen LogP contribution >= 0.6 is 0 Å². The summed E-state index contributed by atoms with van der Waals surface area (Å²) >= 11 is 0. The third kappa shape index (κ3) is 42.9. The Morgan fingerprint density at radius 3 is 1.11 bits per heavy atom. The Kier molecular flexibility index (Phi) is 43.9. The van der Waals surface area contributed by atoms with E-state index in [2.05, 4.69) is 50.3 Å². The number of rotatable bonds is 43. The number of carbonyl (C=O) groups excluding carboxylic acids is 2. The zero-order valence-electron chi connectivity index (χ0n) is 36.0. The van der Waals surface area contributed by atoms with E-state index < -0.39 is 6.10 Å². The SMILES string of the molecule is CCCCCCC/C=C\C/C=C\CCCCCCCCCCCC(=O)OC(CO)COC(=O)CCCCCCCCCCC/C=C\CCCCCCCC. The molecule has 0 rings (SSSR count). The number of ether oxygens (including phenoxy) is 2. The van der Waals surface area contributed by atoms with Gasteiger partial charge in [0.05, 0.1) is 6.61 Å². The van der Waals surface area contributed by atoms with Crippen LogP contribution in [0.1, 0.15) is 245 Å². The summed E-state index contributed by atoms with van der Waals surface area (Å²) < 4.78 is 10.7. The molecule has 1 atom stereocenters. The number of esters is 2. The van der Waals surface area contributed by atoms with Crippen molar-refractivity contribution in [2.24, 2.45) is 0 Å². The second-order valence-corrected chi connectivity index (χ2v) is 15.8. The van der Waals surface area contributed by atoms with Crippen LogP contribution in [0.3, 0.4) is 0 Å². The predicted octanol–water partition coefficient (Wildman–Crippen LogP) is 15.2. The van der Waals surface area contributed by atoms with E-state index >= 15 is 0 Å². The first kappa shape index (κ1) is 52.1. The second kappa shape index (κ2) is 45.5.